The van der Waals surface area contributed by atoms with E-state index in [1.165, 1.54) is 10.9 Å². The molecule has 30 heavy (non-hydrogen) atoms. The van der Waals surface area contributed by atoms with Crippen molar-refractivity contribution in [3.05, 3.63) is 69.8 Å². The Morgan fingerprint density at radius 1 is 1.33 bits per heavy atom. The van der Waals surface area contributed by atoms with Gasteiger partial charge in [0.25, 0.3) is 11.5 Å². The van der Waals surface area contributed by atoms with Crippen LogP contribution in [0.25, 0.3) is 16.9 Å². The lowest BCUT2D eigenvalue weighted by Gasteiger charge is -2.16. The van der Waals surface area contributed by atoms with E-state index in [1.807, 2.05) is 6.92 Å². The second-order valence-corrected chi connectivity index (χ2v) is 7.54. The Hall–Kier alpha value is -3.70. The summed E-state index contributed by atoms with van der Waals surface area (Å²) in [5, 5.41) is 14.9. The first-order valence-electron chi connectivity index (χ1n) is 9.56. The molecule has 0 radical (unpaired) electrons. The molecule has 0 aliphatic heterocycles. The Bertz CT molecular complexity index is 1200. The number of hydrogen-bond acceptors (Lipinski definition) is 5. The largest absolute Gasteiger partial charge is 0.382 e. The van der Waals surface area contributed by atoms with E-state index >= 15 is 0 Å². The predicted molar refractivity (Wildman–Crippen MR) is 110 cm³/mol. The summed E-state index contributed by atoms with van der Waals surface area (Å²) in [4.78, 5) is 29.6. The Morgan fingerprint density at radius 2 is 2.13 bits per heavy atom. The fourth-order valence-corrected chi connectivity index (χ4v) is 3.47. The molecule has 1 amide bonds. The van der Waals surface area contributed by atoms with Crippen molar-refractivity contribution in [2.24, 2.45) is 0 Å². The molecule has 1 saturated carbocycles. The van der Waals surface area contributed by atoms with E-state index in [-0.39, 0.29) is 17.0 Å². The summed E-state index contributed by atoms with van der Waals surface area (Å²) in [7, 11) is 1.62. The van der Waals surface area contributed by atoms with Crippen molar-refractivity contribution >= 4 is 5.91 Å². The van der Waals surface area contributed by atoms with Gasteiger partial charge >= 0.3 is 0 Å². The van der Waals surface area contributed by atoms with Crippen LogP contribution in [0.3, 0.4) is 0 Å². The molecule has 2 aromatic heterocycles. The van der Waals surface area contributed by atoms with Gasteiger partial charge in [-0.2, -0.15) is 5.26 Å². The third-order valence-electron chi connectivity index (χ3n) is 5.31. The van der Waals surface area contributed by atoms with Gasteiger partial charge in [-0.25, -0.2) is 9.67 Å². The minimum Gasteiger partial charge on any atom is -0.382 e. The van der Waals surface area contributed by atoms with Gasteiger partial charge in [-0.3, -0.25) is 14.7 Å². The molecule has 1 aliphatic rings. The van der Waals surface area contributed by atoms with Crippen molar-refractivity contribution < 1.29 is 9.53 Å². The number of pyridine rings is 1. The fraction of sp³-hybridized carbons (Fsp3) is 0.273. The maximum absolute atomic E-state index is 12.9. The number of methoxy groups -OCH3 is 1. The maximum atomic E-state index is 12.9. The zero-order valence-corrected chi connectivity index (χ0v) is 16.7. The highest BCUT2D eigenvalue weighted by atomic mass is 16.5. The highest BCUT2D eigenvalue weighted by molar-refractivity contribution is 5.94. The molecule has 0 atom stereocenters. The van der Waals surface area contributed by atoms with Gasteiger partial charge in [0.15, 0.2) is 5.82 Å². The summed E-state index contributed by atoms with van der Waals surface area (Å²) < 4.78 is 6.49. The lowest BCUT2D eigenvalue weighted by atomic mass is 10.0. The number of H-pyrrole nitrogens is 1. The number of amides is 1. The highest BCUT2D eigenvalue weighted by Crippen LogP contribution is 2.35. The van der Waals surface area contributed by atoms with Crippen LogP contribution in [0.15, 0.2) is 47.5 Å². The molecule has 4 rings (SSSR count). The molecule has 1 fully saturated rings. The second-order valence-electron chi connectivity index (χ2n) is 7.54. The number of nitrogens with one attached hydrogen (secondary N) is 2. The smallest absolute Gasteiger partial charge is 0.280 e. The van der Waals surface area contributed by atoms with Crippen molar-refractivity contribution in [3.63, 3.8) is 0 Å². The number of rotatable bonds is 6. The van der Waals surface area contributed by atoms with Crippen molar-refractivity contribution in [1.29, 1.82) is 5.26 Å². The van der Waals surface area contributed by atoms with E-state index < -0.39 is 0 Å². The number of aromatic nitrogens is 3. The van der Waals surface area contributed by atoms with Crippen molar-refractivity contribution in [3.8, 4) is 23.0 Å². The number of hydrogen-bond donors (Lipinski definition) is 2. The quantitative estimate of drug-likeness (QED) is 0.656. The number of carbonyl (C=O) groups is 1. The van der Waals surface area contributed by atoms with Gasteiger partial charge in [0.1, 0.15) is 0 Å². The molecule has 1 aromatic carbocycles. The first kappa shape index (κ1) is 19.6. The fourth-order valence-electron chi connectivity index (χ4n) is 3.47. The molecule has 0 bridgehead atoms. The summed E-state index contributed by atoms with van der Waals surface area (Å²) >= 11 is 0. The first-order valence-corrected chi connectivity index (χ1v) is 9.56. The van der Waals surface area contributed by atoms with Crippen LogP contribution in [0.5, 0.6) is 0 Å². The summed E-state index contributed by atoms with van der Waals surface area (Å²) in [5.41, 5.74) is 2.50. The Morgan fingerprint density at radius 3 is 2.73 bits per heavy atom. The molecular weight excluding hydrogens is 382 g/mol. The summed E-state index contributed by atoms with van der Waals surface area (Å²) in [6.07, 6.45) is 4.86. The lowest BCUT2D eigenvalue weighted by Crippen LogP contribution is -2.40. The van der Waals surface area contributed by atoms with E-state index in [4.69, 9.17) is 10.00 Å². The Kier molecular flexibility index (Phi) is 4.98. The highest BCUT2D eigenvalue weighted by Gasteiger charge is 2.44. The molecule has 1 aliphatic carbocycles. The van der Waals surface area contributed by atoms with Crippen LogP contribution in [-0.2, 0) is 4.74 Å². The van der Waals surface area contributed by atoms with Crippen LogP contribution in [0, 0.1) is 18.3 Å². The van der Waals surface area contributed by atoms with Gasteiger partial charge in [-0.05, 0) is 55.2 Å². The molecule has 0 saturated heterocycles. The average Bonchev–Trinajstić information content (AvgIpc) is 3.39. The first-order chi connectivity index (χ1) is 14.5. The van der Waals surface area contributed by atoms with Crippen LogP contribution in [0.1, 0.15) is 34.3 Å². The summed E-state index contributed by atoms with van der Waals surface area (Å²) in [6.45, 7) is 2.34. The SMILES string of the molecule is COCC1(NC(=O)c2ccc(-n3[nH]cc(-c4ccc(C#N)cc4C)c3=O)nc2)CC1. The van der Waals surface area contributed by atoms with Crippen molar-refractivity contribution in [1.82, 2.24) is 20.1 Å². The maximum Gasteiger partial charge on any atom is 0.280 e. The standard InChI is InChI=1S/C22H21N5O3/c1-14-9-15(10-23)3-5-17(14)18-12-25-27(21(18)29)19-6-4-16(11-24-19)20(28)26-22(7-8-22)13-30-2/h3-6,9,11-12,25H,7-8,13H2,1-2H3,(H,26,28). The van der Waals surface area contributed by atoms with E-state index in [0.717, 1.165) is 24.0 Å². The summed E-state index contributed by atoms with van der Waals surface area (Å²) in [6, 6.07) is 10.5. The monoisotopic (exact) mass is 403 g/mol. The van der Waals surface area contributed by atoms with E-state index in [1.54, 1.807) is 43.6 Å². The predicted octanol–water partition coefficient (Wildman–Crippen LogP) is 2.32. The Labute approximate surface area is 173 Å². The normalized spacial score (nSPS) is 14.2. The minimum atomic E-state index is -0.269. The number of benzene rings is 1. The third-order valence-corrected chi connectivity index (χ3v) is 5.31. The number of nitriles is 1. The third kappa shape index (κ3) is 3.63. The molecule has 2 heterocycles. The van der Waals surface area contributed by atoms with E-state index in [0.29, 0.717) is 29.1 Å². The van der Waals surface area contributed by atoms with Crippen LogP contribution in [-0.4, -0.2) is 39.9 Å². The van der Waals surface area contributed by atoms with Crippen LogP contribution in [0.2, 0.25) is 0 Å². The van der Waals surface area contributed by atoms with Crippen LogP contribution < -0.4 is 10.9 Å². The second kappa shape index (κ2) is 7.61. The van der Waals surface area contributed by atoms with E-state index in [2.05, 4.69) is 21.5 Å². The Balaban J connectivity index is 1.57. The van der Waals surface area contributed by atoms with Crippen molar-refractivity contribution in [2.45, 2.75) is 25.3 Å². The minimum absolute atomic E-state index is 0.212. The molecule has 0 spiro atoms. The topological polar surface area (TPSA) is 113 Å². The lowest BCUT2D eigenvalue weighted by molar-refractivity contribution is 0.0881. The van der Waals surface area contributed by atoms with Crippen molar-refractivity contribution in [2.75, 3.05) is 13.7 Å². The molecule has 0 unspecified atom stereocenters. The number of aryl methyl sites for hydroxylation is 1. The molecule has 8 nitrogen and oxygen atoms in total. The molecular formula is C22H21N5O3. The number of aromatic amines is 1. The van der Waals surface area contributed by atoms with E-state index in [9.17, 15) is 9.59 Å². The number of nitrogens with zero attached hydrogens (tertiary/aromatic N) is 3. The molecule has 152 valence electrons. The van der Waals surface area contributed by atoms with Gasteiger partial charge in [0.05, 0.1) is 34.9 Å². The van der Waals surface area contributed by atoms with Crippen LogP contribution in [0.4, 0.5) is 0 Å². The van der Waals surface area contributed by atoms with Gasteiger partial charge < -0.3 is 10.1 Å². The molecule has 3 aromatic rings. The molecule has 2 N–H and O–H groups in total. The van der Waals surface area contributed by atoms with Gasteiger partial charge in [-0.1, -0.05) is 6.07 Å². The summed E-state index contributed by atoms with van der Waals surface area (Å²) in [5.74, 6) is 0.170. The van der Waals surface area contributed by atoms with Crippen LogP contribution >= 0.6 is 0 Å². The molecule has 8 heteroatoms. The number of ether oxygens (including phenoxy) is 1. The zero-order chi connectivity index (χ0) is 21.3. The van der Waals surface area contributed by atoms with Gasteiger partial charge in [-0.15, -0.1) is 0 Å². The van der Waals surface area contributed by atoms with Gasteiger partial charge in [0.2, 0.25) is 0 Å². The van der Waals surface area contributed by atoms with Gasteiger partial charge in [0, 0.05) is 19.5 Å². The average molecular weight is 403 g/mol. The number of carbonyl (C=O) groups excluding carboxylic acids is 1. The zero-order valence-electron chi connectivity index (χ0n) is 16.7.